The van der Waals surface area contributed by atoms with E-state index in [4.69, 9.17) is 44.9 Å². The Morgan fingerprint density at radius 1 is 0.420 bits per heavy atom. The molecule has 1 aliphatic rings. The number of hydrogen-bond donors (Lipinski definition) is 2. The Morgan fingerprint density at radius 3 is 1.31 bits per heavy atom. The molecule has 0 amide bonds. The van der Waals surface area contributed by atoms with Crippen molar-refractivity contribution in [3.05, 3.63) is 295 Å². The zero-order valence-electron chi connectivity index (χ0n) is 58.1. The molecule has 10 heterocycles. The molecule has 0 atom stereocenters. The van der Waals surface area contributed by atoms with Crippen LogP contribution < -0.4 is 30.6 Å². The summed E-state index contributed by atoms with van der Waals surface area (Å²) < 4.78 is 0. The topological polar surface area (TPSA) is 174 Å². The summed E-state index contributed by atoms with van der Waals surface area (Å²) in [5.74, 6) is 0.407. The smallest absolute Gasteiger partial charge is 0.657 e. The standard InChI is InChI=1S/C31H36N4.C29H22N4.C25H22N2O2.3Pt/c1-8-23-24(9-2)30(34-28(23)16-22-14-12-13-15-32-22)18-31-26(11-4)25(10-3)29(35-31)17-27-20(6)19(5)21(7)33-27;1-18-22-11-3-5-13-24(22)32-28(18)26-15-7-9-20(30-26)17-21-10-8-16-27(31-21)29-19(2)23-12-4-6-14-25(23)33-29;1-25(2,23-15-7-11-19(26-23)17-9-3-5-13-21(17)28)24-16-8-12-20(27-24)18-10-4-6-14-22(18)29;;;/h12-18H,8-11H2,1-7H3;3-16H,17H2,1-2H3;3-16,28-29H,1-2H3;;;/q2*-2;;;2*+2. The molecule has 0 spiro atoms. The van der Waals surface area contributed by atoms with Gasteiger partial charge in [0.2, 0.25) is 0 Å². The molecule has 9 aromatic heterocycles. The predicted molar refractivity (Wildman–Crippen MR) is 395 cm³/mol. The predicted octanol–water partition coefficient (Wildman–Crippen LogP) is 16.8. The van der Waals surface area contributed by atoms with Gasteiger partial charge in [-0.1, -0.05) is 182 Å². The number of aromatic hydroxyl groups is 2. The first-order valence-corrected chi connectivity index (χ1v) is 33.5. The van der Waals surface area contributed by atoms with Crippen LogP contribution in [0.2, 0.25) is 0 Å². The molecule has 0 saturated heterocycles. The number of phenolic OH excluding ortho intramolecular Hbond substituents is 2. The van der Waals surface area contributed by atoms with Gasteiger partial charge in [-0.05, 0) is 181 Å². The summed E-state index contributed by atoms with van der Waals surface area (Å²) in [7, 11) is 0. The number of hydrogen-bond acceptors (Lipinski definition) is 8. The molecule has 0 aliphatic carbocycles. The van der Waals surface area contributed by atoms with Crippen molar-refractivity contribution in [3.63, 3.8) is 0 Å². The van der Waals surface area contributed by atoms with E-state index in [9.17, 15) is 10.2 Å². The van der Waals surface area contributed by atoms with Gasteiger partial charge in [0.1, 0.15) is 11.5 Å². The summed E-state index contributed by atoms with van der Waals surface area (Å²) in [6.45, 7) is 23.6. The number of allylic oxidation sites excluding steroid dienone is 2. The van der Waals surface area contributed by atoms with E-state index in [-0.39, 0.29) is 74.7 Å². The summed E-state index contributed by atoms with van der Waals surface area (Å²) >= 11 is 0. The first kappa shape index (κ1) is 75.0. The Hall–Kier alpha value is -9.18. The summed E-state index contributed by atoms with van der Waals surface area (Å²) in [5.41, 5.74) is 26.9. The Bertz CT molecular complexity index is 5070. The SMILES string of the molecule is CC(C)(c1cccc(-c2ccccc2O)n1)c1cccc(-c2ccccc2O)n1.CCc1c(C=C2N=C(C)C(C)=C2C)[n-]c(C=c2[n-]c(=Cc3ccccn3)c(CC)c2CC)c1CC.Cc1c(-c2cccc(Cc3cccc(-c4[n-]c5ccccc5c4C)n3)n2)[n-]c2ccccc12.[Pt+2].[Pt+2].[Pt]. The second kappa shape index (κ2) is 33.3. The van der Waals surface area contributed by atoms with E-state index in [2.05, 4.69) is 148 Å². The third kappa shape index (κ3) is 16.0. The fraction of sp³-hybridized carbons (Fsp3) is 0.200. The van der Waals surface area contributed by atoms with Crippen molar-refractivity contribution in [1.82, 2.24) is 44.9 Å². The van der Waals surface area contributed by atoms with Gasteiger partial charge in [0.25, 0.3) is 0 Å². The first-order chi connectivity index (χ1) is 47.0. The molecule has 0 radical (unpaired) electrons. The van der Waals surface area contributed by atoms with Crippen LogP contribution in [0.15, 0.2) is 216 Å². The van der Waals surface area contributed by atoms with Crippen LogP contribution in [0.5, 0.6) is 11.5 Å². The third-order valence-corrected chi connectivity index (χ3v) is 18.5. The minimum absolute atomic E-state index is 0. The van der Waals surface area contributed by atoms with Crippen LogP contribution in [0.25, 0.3) is 85.3 Å². The van der Waals surface area contributed by atoms with Crippen molar-refractivity contribution < 1.29 is 73.4 Å². The van der Waals surface area contributed by atoms with Crippen molar-refractivity contribution in [2.24, 2.45) is 4.99 Å². The maximum absolute atomic E-state index is 10.2. The van der Waals surface area contributed by atoms with E-state index in [0.717, 1.165) is 121 Å². The summed E-state index contributed by atoms with van der Waals surface area (Å²) in [6.07, 6.45) is 12.7. The van der Waals surface area contributed by atoms with Crippen LogP contribution in [-0.4, -0.2) is 40.8 Å². The molecule has 1 aliphatic heterocycles. The largest absolute Gasteiger partial charge is 2.00 e. The maximum Gasteiger partial charge on any atom is 2.00 e. The Balaban J connectivity index is 0.000000173. The van der Waals surface area contributed by atoms with Gasteiger partial charge in [-0.15, -0.1) is 44.5 Å². The van der Waals surface area contributed by atoms with Crippen molar-refractivity contribution in [2.75, 3.05) is 0 Å². The molecule has 12 nitrogen and oxygen atoms in total. The molecule has 0 fully saturated rings. The number of phenols is 2. The van der Waals surface area contributed by atoms with Gasteiger partial charge in [-0.25, -0.2) is 0 Å². The molecule has 0 saturated carbocycles. The molecule has 15 heteroatoms. The third-order valence-electron chi connectivity index (χ3n) is 18.5. The summed E-state index contributed by atoms with van der Waals surface area (Å²) in [6, 6.07) is 60.7. The summed E-state index contributed by atoms with van der Waals surface area (Å²) in [4.78, 5) is 48.7. The molecular weight excluding hydrogens is 1780 g/mol. The number of pyridine rings is 5. The van der Waals surface area contributed by atoms with Crippen LogP contribution in [0.4, 0.5) is 0 Å². The molecule has 0 bridgehead atoms. The molecule has 2 N–H and O–H groups in total. The average molecular weight is 1860 g/mol. The van der Waals surface area contributed by atoms with Gasteiger partial charge < -0.3 is 30.1 Å². The number of aromatic nitrogens is 9. The van der Waals surface area contributed by atoms with E-state index in [1.807, 2.05) is 121 Å². The second-order valence-electron chi connectivity index (χ2n) is 25.0. The number of aliphatic imine (C=N–C) groups is 1. The average Bonchev–Trinajstić information content (AvgIpc) is 1.61. The van der Waals surface area contributed by atoms with E-state index in [0.29, 0.717) is 28.9 Å². The fourth-order valence-electron chi connectivity index (χ4n) is 12.9. The van der Waals surface area contributed by atoms with E-state index in [1.165, 1.54) is 55.3 Å². The van der Waals surface area contributed by atoms with Crippen LogP contribution in [0.3, 0.4) is 0 Å². The van der Waals surface area contributed by atoms with Gasteiger partial charge in [0.15, 0.2) is 0 Å². The number of fused-ring (bicyclic) bond motifs is 2. The minimum atomic E-state index is -0.471. The zero-order valence-corrected chi connectivity index (χ0v) is 64.9. The van der Waals surface area contributed by atoms with E-state index >= 15 is 0 Å². The molecule has 14 rings (SSSR count). The van der Waals surface area contributed by atoms with Gasteiger partial charge in [-0.2, -0.15) is 0 Å². The van der Waals surface area contributed by atoms with Gasteiger partial charge in [0.05, 0.1) is 34.2 Å². The minimum Gasteiger partial charge on any atom is -0.657 e. The molecule has 13 aromatic rings. The number of benzene rings is 4. The maximum atomic E-state index is 10.2. The Morgan fingerprint density at radius 2 is 0.860 bits per heavy atom. The van der Waals surface area contributed by atoms with Crippen molar-refractivity contribution in [2.45, 2.75) is 114 Å². The Labute approximate surface area is 629 Å². The van der Waals surface area contributed by atoms with Crippen LogP contribution >= 0.6 is 0 Å². The number of nitrogens with zero attached hydrogens (tertiary/aromatic N) is 10. The van der Waals surface area contributed by atoms with Crippen molar-refractivity contribution in [3.8, 4) is 56.8 Å². The number of para-hydroxylation sites is 4. The molecule has 100 heavy (non-hydrogen) atoms. The van der Waals surface area contributed by atoms with Gasteiger partial charge >= 0.3 is 42.1 Å². The molecule has 0 unspecified atom stereocenters. The summed E-state index contributed by atoms with van der Waals surface area (Å²) in [5, 5.41) is 24.8. The zero-order chi connectivity index (χ0) is 67.9. The monoisotopic (exact) mass is 1860 g/mol. The Kier molecular flexibility index (Phi) is 25.0. The molecule has 4 aromatic carbocycles. The molecule has 512 valence electrons. The first-order valence-electron chi connectivity index (χ1n) is 33.5. The quantitative estimate of drug-likeness (QED) is 0.1000. The van der Waals surface area contributed by atoms with Crippen molar-refractivity contribution in [1.29, 1.82) is 0 Å². The van der Waals surface area contributed by atoms with Crippen LogP contribution in [0.1, 0.15) is 136 Å². The normalized spacial score (nSPS) is 12.8. The van der Waals surface area contributed by atoms with Crippen LogP contribution in [-0.2, 0) is 101 Å². The number of aryl methyl sites for hydroxylation is 2. The number of rotatable bonds is 15. The van der Waals surface area contributed by atoms with Gasteiger partial charge in [-0.3, -0.25) is 29.9 Å². The van der Waals surface area contributed by atoms with Crippen LogP contribution in [0, 0.1) is 13.8 Å². The van der Waals surface area contributed by atoms with E-state index < -0.39 is 5.41 Å². The van der Waals surface area contributed by atoms with Crippen molar-refractivity contribution >= 4 is 45.7 Å². The van der Waals surface area contributed by atoms with E-state index in [1.54, 1.807) is 24.3 Å². The molecular formula is C85H80N10O2Pt3. The fourth-order valence-corrected chi connectivity index (χ4v) is 12.9. The second-order valence-corrected chi connectivity index (χ2v) is 25.0. The van der Waals surface area contributed by atoms with Gasteiger partial charge in [0, 0.05) is 78.7 Å².